The van der Waals surface area contributed by atoms with Crippen LogP contribution < -0.4 is 5.56 Å². The van der Waals surface area contributed by atoms with Crippen LogP contribution in [0.2, 0.25) is 0 Å². The van der Waals surface area contributed by atoms with Crippen molar-refractivity contribution in [1.29, 1.82) is 0 Å². The highest BCUT2D eigenvalue weighted by Crippen LogP contribution is 2.10. The smallest absolute Gasteiger partial charge is 0.247 e. The minimum atomic E-state index is -0.118. The average molecular weight is 173 g/mol. The van der Waals surface area contributed by atoms with Crippen LogP contribution >= 0.6 is 0 Å². The molecule has 2 aromatic rings. The summed E-state index contributed by atoms with van der Waals surface area (Å²) in [5.41, 5.74) is 1.49. The van der Waals surface area contributed by atoms with E-state index in [4.69, 9.17) is 0 Å². The Kier molecular flexibility index (Phi) is 1.88. The fraction of sp³-hybridized carbons (Fsp3) is 0. The minimum absolute atomic E-state index is 0.118. The molecule has 0 aliphatic carbocycles. The third-order valence-corrected chi connectivity index (χ3v) is 1.64. The van der Waals surface area contributed by atoms with Gasteiger partial charge in [-0.15, -0.1) is 0 Å². The molecule has 0 amide bonds. The predicted molar refractivity (Wildman–Crippen MR) is 48.1 cm³/mol. The first kappa shape index (κ1) is 7.67. The molecule has 0 saturated heterocycles. The zero-order valence-electron chi connectivity index (χ0n) is 6.77. The topological polar surface area (TPSA) is 58.6 Å². The number of pyridine rings is 1. The molecule has 64 valence electrons. The van der Waals surface area contributed by atoms with Gasteiger partial charge in [0.25, 0.3) is 0 Å². The van der Waals surface area contributed by atoms with E-state index in [1.165, 1.54) is 6.07 Å². The largest absolute Gasteiger partial charge is 0.328 e. The van der Waals surface area contributed by atoms with Crippen LogP contribution in [0.5, 0.6) is 0 Å². The summed E-state index contributed by atoms with van der Waals surface area (Å²) in [5.74, 6) is 0. The molecule has 0 bridgehead atoms. The second-order valence-electron chi connectivity index (χ2n) is 2.53. The van der Waals surface area contributed by atoms with Gasteiger partial charge in [-0.1, -0.05) is 0 Å². The van der Waals surface area contributed by atoms with E-state index in [0.29, 0.717) is 0 Å². The lowest BCUT2D eigenvalue weighted by atomic mass is 10.2. The maximum atomic E-state index is 10.8. The number of aromatic amines is 1. The zero-order chi connectivity index (χ0) is 9.10. The lowest BCUT2D eigenvalue weighted by molar-refractivity contribution is 1.18. The van der Waals surface area contributed by atoms with Gasteiger partial charge in [-0.2, -0.15) is 0 Å². The Morgan fingerprint density at radius 2 is 2.15 bits per heavy atom. The number of rotatable bonds is 1. The van der Waals surface area contributed by atoms with Gasteiger partial charge in [0.15, 0.2) is 0 Å². The first-order chi connectivity index (χ1) is 6.36. The molecule has 0 aliphatic heterocycles. The molecular weight excluding hydrogens is 166 g/mol. The van der Waals surface area contributed by atoms with Gasteiger partial charge in [0.05, 0.1) is 11.9 Å². The van der Waals surface area contributed by atoms with Gasteiger partial charge in [-0.3, -0.25) is 14.8 Å². The molecule has 0 unspecified atom stereocenters. The Morgan fingerprint density at radius 3 is 2.77 bits per heavy atom. The van der Waals surface area contributed by atoms with Gasteiger partial charge in [-0.25, -0.2) is 0 Å². The summed E-state index contributed by atoms with van der Waals surface area (Å²) in [6, 6.07) is 3.17. The molecule has 2 rings (SSSR count). The van der Waals surface area contributed by atoms with Crippen LogP contribution in [-0.4, -0.2) is 15.0 Å². The Morgan fingerprint density at radius 1 is 1.23 bits per heavy atom. The number of H-pyrrole nitrogens is 1. The maximum absolute atomic E-state index is 10.8. The van der Waals surface area contributed by atoms with Crippen LogP contribution in [0.4, 0.5) is 0 Å². The highest BCUT2D eigenvalue weighted by Gasteiger charge is 1.96. The molecule has 2 aromatic heterocycles. The first-order valence-electron chi connectivity index (χ1n) is 3.81. The Hall–Kier alpha value is -1.97. The molecule has 1 N–H and O–H groups in total. The number of hydrogen-bond acceptors (Lipinski definition) is 3. The van der Waals surface area contributed by atoms with Gasteiger partial charge in [0.2, 0.25) is 5.56 Å². The molecule has 4 nitrogen and oxygen atoms in total. The van der Waals surface area contributed by atoms with E-state index in [1.54, 1.807) is 30.9 Å². The van der Waals surface area contributed by atoms with E-state index in [1.807, 2.05) is 0 Å². The van der Waals surface area contributed by atoms with E-state index in [-0.39, 0.29) is 5.56 Å². The molecule has 0 saturated carbocycles. The summed E-state index contributed by atoms with van der Waals surface area (Å²) in [5, 5.41) is 0. The van der Waals surface area contributed by atoms with Crippen LogP contribution in [0.15, 0.2) is 41.7 Å². The van der Waals surface area contributed by atoms with Crippen LogP contribution in [0.25, 0.3) is 11.3 Å². The molecule has 2 heterocycles. The van der Waals surface area contributed by atoms with Crippen molar-refractivity contribution in [3.05, 3.63) is 47.3 Å². The van der Waals surface area contributed by atoms with Crippen LogP contribution in [0, 0.1) is 0 Å². The van der Waals surface area contributed by atoms with Gasteiger partial charge >= 0.3 is 0 Å². The molecule has 13 heavy (non-hydrogen) atoms. The number of nitrogens with one attached hydrogen (secondary N) is 1. The summed E-state index contributed by atoms with van der Waals surface area (Å²) < 4.78 is 0. The molecule has 0 aliphatic rings. The Bertz CT molecular complexity index is 429. The lowest BCUT2D eigenvalue weighted by Gasteiger charge is -1.96. The quantitative estimate of drug-likeness (QED) is 0.694. The highest BCUT2D eigenvalue weighted by atomic mass is 16.1. The second kappa shape index (κ2) is 3.18. The molecule has 0 radical (unpaired) electrons. The van der Waals surface area contributed by atoms with Crippen LogP contribution in [0.3, 0.4) is 0 Å². The first-order valence-corrected chi connectivity index (χ1v) is 3.81. The fourth-order valence-electron chi connectivity index (χ4n) is 1.02. The third kappa shape index (κ3) is 1.61. The summed E-state index contributed by atoms with van der Waals surface area (Å²) in [6.07, 6.45) is 6.48. The third-order valence-electron chi connectivity index (χ3n) is 1.64. The van der Waals surface area contributed by atoms with Crippen LogP contribution in [0.1, 0.15) is 0 Å². The van der Waals surface area contributed by atoms with E-state index >= 15 is 0 Å². The van der Waals surface area contributed by atoms with Crippen molar-refractivity contribution >= 4 is 0 Å². The SMILES string of the molecule is O=c1ccc(-c2cnccn2)c[nH]1. The monoisotopic (exact) mass is 173 g/mol. The van der Waals surface area contributed by atoms with Crippen molar-refractivity contribution < 1.29 is 0 Å². The van der Waals surface area contributed by atoms with E-state index in [9.17, 15) is 4.79 Å². The molecule has 4 heteroatoms. The van der Waals surface area contributed by atoms with E-state index < -0.39 is 0 Å². The van der Waals surface area contributed by atoms with Crippen molar-refractivity contribution in [2.24, 2.45) is 0 Å². The normalized spacial score (nSPS) is 9.85. The van der Waals surface area contributed by atoms with Crippen molar-refractivity contribution in [3.8, 4) is 11.3 Å². The number of hydrogen-bond donors (Lipinski definition) is 1. The van der Waals surface area contributed by atoms with Gasteiger partial charge in [-0.05, 0) is 6.07 Å². The van der Waals surface area contributed by atoms with Gasteiger partial charge < -0.3 is 4.98 Å². The van der Waals surface area contributed by atoms with Gasteiger partial charge in [0.1, 0.15) is 0 Å². The summed E-state index contributed by atoms with van der Waals surface area (Å²) >= 11 is 0. The second-order valence-corrected chi connectivity index (χ2v) is 2.53. The van der Waals surface area contributed by atoms with Crippen molar-refractivity contribution in [2.75, 3.05) is 0 Å². The lowest BCUT2D eigenvalue weighted by Crippen LogP contribution is -2.01. The Labute approximate surface area is 74.3 Å². The van der Waals surface area contributed by atoms with Crippen molar-refractivity contribution in [1.82, 2.24) is 15.0 Å². The highest BCUT2D eigenvalue weighted by molar-refractivity contribution is 5.55. The molecule has 0 fully saturated rings. The van der Waals surface area contributed by atoms with E-state index in [0.717, 1.165) is 11.3 Å². The van der Waals surface area contributed by atoms with Crippen LogP contribution in [-0.2, 0) is 0 Å². The predicted octanol–water partition coefficient (Wildman–Crippen LogP) is 0.832. The average Bonchev–Trinajstić information content (AvgIpc) is 2.20. The minimum Gasteiger partial charge on any atom is -0.328 e. The summed E-state index contributed by atoms with van der Waals surface area (Å²) in [6.45, 7) is 0. The Balaban J connectivity index is 2.48. The zero-order valence-corrected chi connectivity index (χ0v) is 6.77. The molecular formula is C9H7N3O. The number of nitrogens with zero attached hydrogens (tertiary/aromatic N) is 2. The molecule has 0 atom stereocenters. The summed E-state index contributed by atoms with van der Waals surface area (Å²) in [7, 11) is 0. The molecule has 0 aromatic carbocycles. The number of aromatic nitrogens is 3. The summed E-state index contributed by atoms with van der Waals surface area (Å²) in [4.78, 5) is 21.4. The molecule has 0 spiro atoms. The van der Waals surface area contributed by atoms with Crippen molar-refractivity contribution in [2.45, 2.75) is 0 Å². The standard InChI is InChI=1S/C9H7N3O/c13-9-2-1-7(5-12-9)8-6-10-3-4-11-8/h1-6H,(H,12,13). The fourth-order valence-corrected chi connectivity index (χ4v) is 1.02. The van der Waals surface area contributed by atoms with Crippen molar-refractivity contribution in [3.63, 3.8) is 0 Å². The van der Waals surface area contributed by atoms with Gasteiger partial charge in [0, 0.05) is 30.2 Å². The maximum Gasteiger partial charge on any atom is 0.247 e. The van der Waals surface area contributed by atoms with E-state index in [2.05, 4.69) is 15.0 Å².